The Hall–Kier alpha value is -1.40. The van der Waals surface area contributed by atoms with E-state index >= 15 is 0 Å². The zero-order chi connectivity index (χ0) is 13.1. The topological polar surface area (TPSA) is 68.5 Å². The lowest BCUT2D eigenvalue weighted by atomic mass is 10.5. The number of hydrogen-bond donors (Lipinski definition) is 1. The van der Waals surface area contributed by atoms with Crippen LogP contribution < -0.4 is 5.32 Å². The summed E-state index contributed by atoms with van der Waals surface area (Å²) < 4.78 is 1.47. The molecule has 0 bridgehead atoms. The van der Waals surface area contributed by atoms with Crippen LogP contribution >= 0.6 is 23.2 Å². The molecule has 2 aromatic heterocycles. The van der Waals surface area contributed by atoms with E-state index < -0.39 is 0 Å². The number of aromatic nitrogens is 5. The van der Waals surface area contributed by atoms with Crippen molar-refractivity contribution < 1.29 is 0 Å². The van der Waals surface area contributed by atoms with Gasteiger partial charge in [0.25, 0.3) is 5.95 Å². The maximum absolute atomic E-state index is 5.94. The second-order valence-electron chi connectivity index (χ2n) is 3.66. The number of nitrogens with one attached hydrogen (secondary N) is 1. The molecule has 0 saturated heterocycles. The molecule has 2 heterocycles. The van der Waals surface area contributed by atoms with Crippen molar-refractivity contribution in [3.63, 3.8) is 0 Å². The van der Waals surface area contributed by atoms with Crippen molar-refractivity contribution in [1.82, 2.24) is 24.7 Å². The smallest absolute Gasteiger partial charge is 0.256 e. The third kappa shape index (κ3) is 2.88. The molecule has 0 amide bonds. The molecule has 0 saturated carbocycles. The minimum absolute atomic E-state index is 0.114. The summed E-state index contributed by atoms with van der Waals surface area (Å²) in [6.45, 7) is 4.61. The van der Waals surface area contributed by atoms with Crippen molar-refractivity contribution in [2.75, 3.05) is 11.9 Å². The quantitative estimate of drug-likeness (QED) is 0.935. The van der Waals surface area contributed by atoms with E-state index in [0.717, 1.165) is 13.0 Å². The van der Waals surface area contributed by atoms with Crippen molar-refractivity contribution >= 4 is 29.2 Å². The average Bonchev–Trinajstić information content (AvgIpc) is 2.66. The molecule has 0 fully saturated rings. The summed E-state index contributed by atoms with van der Waals surface area (Å²) in [7, 11) is 0. The molecule has 18 heavy (non-hydrogen) atoms. The van der Waals surface area contributed by atoms with Crippen LogP contribution in [0.25, 0.3) is 5.95 Å². The lowest BCUT2D eigenvalue weighted by Gasteiger charge is -2.05. The number of hydrogen-bond acceptors (Lipinski definition) is 5. The average molecular weight is 287 g/mol. The van der Waals surface area contributed by atoms with Gasteiger partial charge in [0.05, 0.1) is 16.9 Å². The Bertz CT molecular complexity index is 534. The molecule has 0 unspecified atom stereocenters. The Morgan fingerprint density at radius 2 is 2.06 bits per heavy atom. The first kappa shape index (κ1) is 13.0. The third-order valence-corrected chi connectivity index (χ3v) is 2.71. The molecule has 0 aliphatic carbocycles. The molecule has 0 atom stereocenters. The van der Waals surface area contributed by atoms with E-state index in [9.17, 15) is 0 Å². The van der Waals surface area contributed by atoms with E-state index in [1.54, 1.807) is 13.1 Å². The molecular formula is C10H12Cl2N6. The maximum Gasteiger partial charge on any atom is 0.256 e. The van der Waals surface area contributed by atoms with Gasteiger partial charge in [0, 0.05) is 6.54 Å². The number of anilines is 1. The van der Waals surface area contributed by atoms with E-state index in [4.69, 9.17) is 23.2 Å². The van der Waals surface area contributed by atoms with Gasteiger partial charge >= 0.3 is 0 Å². The maximum atomic E-state index is 5.94. The van der Waals surface area contributed by atoms with Crippen LogP contribution in [0.4, 0.5) is 5.95 Å². The molecule has 0 aromatic carbocycles. The molecule has 1 N–H and O–H groups in total. The molecule has 0 radical (unpaired) electrons. The van der Waals surface area contributed by atoms with Gasteiger partial charge in [0.1, 0.15) is 0 Å². The van der Waals surface area contributed by atoms with Crippen LogP contribution in [0.2, 0.25) is 10.3 Å². The predicted molar refractivity (Wildman–Crippen MR) is 70.5 cm³/mol. The van der Waals surface area contributed by atoms with Crippen LogP contribution in [-0.4, -0.2) is 31.3 Å². The van der Waals surface area contributed by atoms with E-state index in [-0.39, 0.29) is 5.28 Å². The minimum Gasteiger partial charge on any atom is -0.354 e. The Kier molecular flexibility index (Phi) is 3.98. The second-order valence-corrected chi connectivity index (χ2v) is 4.41. The Balaban J connectivity index is 2.35. The largest absolute Gasteiger partial charge is 0.354 e. The van der Waals surface area contributed by atoms with Crippen LogP contribution in [0.3, 0.4) is 0 Å². The van der Waals surface area contributed by atoms with E-state index in [2.05, 4.69) is 25.4 Å². The Labute approximate surface area is 114 Å². The molecular weight excluding hydrogens is 275 g/mol. The normalized spacial score (nSPS) is 10.7. The zero-order valence-corrected chi connectivity index (χ0v) is 11.5. The van der Waals surface area contributed by atoms with Gasteiger partial charge in [-0.3, -0.25) is 0 Å². The Morgan fingerprint density at radius 3 is 2.67 bits per heavy atom. The van der Waals surface area contributed by atoms with Gasteiger partial charge < -0.3 is 5.32 Å². The van der Waals surface area contributed by atoms with Crippen LogP contribution in [0, 0.1) is 6.92 Å². The summed E-state index contributed by atoms with van der Waals surface area (Å²) in [5.74, 6) is 0.764. The third-order valence-electron chi connectivity index (χ3n) is 2.17. The van der Waals surface area contributed by atoms with Gasteiger partial charge in [-0.1, -0.05) is 18.5 Å². The molecule has 2 rings (SSSR count). The molecule has 0 spiro atoms. The number of rotatable bonds is 4. The fraction of sp³-hybridized carbons (Fsp3) is 0.400. The van der Waals surface area contributed by atoms with Gasteiger partial charge in [-0.25, -0.2) is 4.68 Å². The van der Waals surface area contributed by atoms with Crippen molar-refractivity contribution in [3.8, 4) is 5.95 Å². The van der Waals surface area contributed by atoms with Crippen LogP contribution in [0.15, 0.2) is 6.20 Å². The van der Waals surface area contributed by atoms with Gasteiger partial charge in [-0.05, 0) is 24.9 Å². The highest BCUT2D eigenvalue weighted by atomic mass is 35.5. The summed E-state index contributed by atoms with van der Waals surface area (Å²) in [6, 6.07) is 0. The second kappa shape index (κ2) is 5.49. The molecule has 0 aliphatic heterocycles. The number of halogens is 2. The van der Waals surface area contributed by atoms with Gasteiger partial charge in [0.2, 0.25) is 11.2 Å². The standard InChI is InChI=1S/C10H12Cl2N6/c1-3-4-13-9-14-8(12)15-10(16-9)18-5-7(11)6(2)17-18/h5H,3-4H2,1-2H3,(H,13,14,15,16). The van der Waals surface area contributed by atoms with Crippen molar-refractivity contribution in [2.45, 2.75) is 20.3 Å². The van der Waals surface area contributed by atoms with Crippen molar-refractivity contribution in [3.05, 3.63) is 22.2 Å². The fourth-order valence-electron chi connectivity index (χ4n) is 1.30. The van der Waals surface area contributed by atoms with Crippen molar-refractivity contribution in [1.29, 1.82) is 0 Å². The summed E-state index contributed by atoms with van der Waals surface area (Å²) in [5, 5.41) is 7.90. The first-order chi connectivity index (χ1) is 8.60. The molecule has 2 aromatic rings. The van der Waals surface area contributed by atoms with Crippen LogP contribution in [0.1, 0.15) is 19.0 Å². The monoisotopic (exact) mass is 286 g/mol. The zero-order valence-electron chi connectivity index (χ0n) is 9.98. The first-order valence-corrected chi connectivity index (χ1v) is 6.23. The summed E-state index contributed by atoms with van der Waals surface area (Å²) in [4.78, 5) is 12.2. The molecule has 8 heteroatoms. The van der Waals surface area contributed by atoms with Gasteiger partial charge in [0.15, 0.2) is 0 Å². The SMILES string of the molecule is CCCNc1nc(Cl)nc(-n2cc(Cl)c(C)n2)n1. The lowest BCUT2D eigenvalue weighted by Crippen LogP contribution is -2.10. The highest BCUT2D eigenvalue weighted by Crippen LogP contribution is 2.15. The van der Waals surface area contributed by atoms with Gasteiger partial charge in [-0.15, -0.1) is 0 Å². The van der Waals surface area contributed by atoms with Crippen LogP contribution in [-0.2, 0) is 0 Å². The predicted octanol–water partition coefficient (Wildman–Crippen LogP) is 2.49. The van der Waals surface area contributed by atoms with Crippen LogP contribution in [0.5, 0.6) is 0 Å². The summed E-state index contributed by atoms with van der Waals surface area (Å²) >= 11 is 11.8. The summed E-state index contributed by atoms with van der Waals surface area (Å²) in [6.07, 6.45) is 2.59. The van der Waals surface area contributed by atoms with E-state index in [0.29, 0.717) is 22.6 Å². The molecule has 6 nitrogen and oxygen atoms in total. The fourth-order valence-corrected chi connectivity index (χ4v) is 1.59. The summed E-state index contributed by atoms with van der Waals surface area (Å²) in [5.41, 5.74) is 0.705. The molecule has 0 aliphatic rings. The van der Waals surface area contributed by atoms with Crippen molar-refractivity contribution in [2.24, 2.45) is 0 Å². The lowest BCUT2D eigenvalue weighted by molar-refractivity contribution is 0.784. The Morgan fingerprint density at radius 1 is 1.28 bits per heavy atom. The first-order valence-electron chi connectivity index (χ1n) is 5.47. The molecule has 96 valence electrons. The van der Waals surface area contributed by atoms with E-state index in [1.165, 1.54) is 4.68 Å². The highest BCUT2D eigenvalue weighted by Gasteiger charge is 2.09. The number of aryl methyl sites for hydroxylation is 1. The minimum atomic E-state index is 0.114. The van der Waals surface area contributed by atoms with Gasteiger partial charge in [-0.2, -0.15) is 20.1 Å². The highest BCUT2D eigenvalue weighted by molar-refractivity contribution is 6.31. The van der Waals surface area contributed by atoms with E-state index in [1.807, 2.05) is 6.92 Å². The number of nitrogens with zero attached hydrogens (tertiary/aromatic N) is 5.